The molecule has 0 spiro atoms. The van der Waals surface area contributed by atoms with Gasteiger partial charge in [-0.2, -0.15) is 0 Å². The minimum Gasteiger partial charge on any atom is -0.310 e. The molecule has 1 heterocycles. The molecule has 1 aromatic heterocycles. The summed E-state index contributed by atoms with van der Waals surface area (Å²) in [6.45, 7) is 4.71. The van der Waals surface area contributed by atoms with Gasteiger partial charge in [-0.3, -0.25) is 0 Å². The van der Waals surface area contributed by atoms with Gasteiger partial charge >= 0.3 is 0 Å². The number of fused-ring (bicyclic) bond motifs is 3. The molecule has 12 rings (SSSR count). The Bertz CT molecular complexity index is 3460. The van der Waals surface area contributed by atoms with E-state index in [0.29, 0.717) is 0 Å². The van der Waals surface area contributed by atoms with Crippen molar-refractivity contribution >= 4 is 17.1 Å². The predicted molar refractivity (Wildman–Crippen MR) is 291 cm³/mol. The van der Waals surface area contributed by atoms with Crippen molar-refractivity contribution in [1.82, 2.24) is 4.57 Å². The first-order valence-electron chi connectivity index (χ1n) is 23.9. The Hall–Kier alpha value is -8.72. The van der Waals surface area contributed by atoms with Gasteiger partial charge in [0.05, 0.1) is 11.4 Å². The molecule has 0 bridgehead atoms. The first kappa shape index (κ1) is 41.7. The zero-order valence-electron chi connectivity index (χ0n) is 38.8. The maximum Gasteiger partial charge on any atom is 0.0619 e. The molecule has 69 heavy (non-hydrogen) atoms. The zero-order valence-corrected chi connectivity index (χ0v) is 38.8. The van der Waals surface area contributed by atoms with Crippen LogP contribution in [0.5, 0.6) is 0 Å². The van der Waals surface area contributed by atoms with Gasteiger partial charge in [0.1, 0.15) is 0 Å². The van der Waals surface area contributed by atoms with Gasteiger partial charge in [0.25, 0.3) is 0 Å². The summed E-state index contributed by atoms with van der Waals surface area (Å²) in [4.78, 5) is 2.40. The predicted octanol–water partition coefficient (Wildman–Crippen LogP) is 18.3. The highest BCUT2D eigenvalue weighted by Gasteiger charge is 2.36. The highest BCUT2D eigenvalue weighted by Crippen LogP contribution is 2.52. The first-order valence-corrected chi connectivity index (χ1v) is 23.9. The zero-order chi connectivity index (χ0) is 46.3. The third-order valence-corrected chi connectivity index (χ3v) is 14.0. The quantitative estimate of drug-likeness (QED) is 0.133. The molecule has 0 atom stereocenters. The fourth-order valence-corrected chi connectivity index (χ4v) is 10.7. The molecule has 328 valence electrons. The van der Waals surface area contributed by atoms with Crippen LogP contribution in [-0.2, 0) is 5.41 Å². The van der Waals surface area contributed by atoms with Crippen LogP contribution in [0.4, 0.5) is 17.1 Å². The molecule has 0 amide bonds. The molecule has 0 N–H and O–H groups in total. The number of hydrogen-bond acceptors (Lipinski definition) is 1. The van der Waals surface area contributed by atoms with Gasteiger partial charge in [0.15, 0.2) is 0 Å². The second-order valence-electron chi connectivity index (χ2n) is 18.5. The lowest BCUT2D eigenvalue weighted by Crippen LogP contribution is -2.16. The van der Waals surface area contributed by atoms with Gasteiger partial charge in [0.2, 0.25) is 0 Å². The third-order valence-electron chi connectivity index (χ3n) is 14.0. The molecule has 0 unspecified atom stereocenters. The van der Waals surface area contributed by atoms with Crippen LogP contribution in [0.3, 0.4) is 0 Å². The van der Waals surface area contributed by atoms with Gasteiger partial charge in [-0.15, -0.1) is 0 Å². The minimum absolute atomic E-state index is 0.113. The molecule has 0 saturated heterocycles. The van der Waals surface area contributed by atoms with E-state index in [-0.39, 0.29) is 5.41 Å². The number of aromatic nitrogens is 1. The molecule has 2 nitrogen and oxygen atoms in total. The van der Waals surface area contributed by atoms with Crippen molar-refractivity contribution in [3.05, 3.63) is 278 Å². The van der Waals surface area contributed by atoms with E-state index in [0.717, 1.165) is 56.4 Å². The topological polar surface area (TPSA) is 8.17 Å². The van der Waals surface area contributed by atoms with E-state index in [1.807, 2.05) is 0 Å². The summed E-state index contributed by atoms with van der Waals surface area (Å²) in [5.74, 6) is 0. The molecular formula is C67H50N2. The molecule has 0 fully saturated rings. The number of benzene rings is 10. The highest BCUT2D eigenvalue weighted by atomic mass is 15.1. The Kier molecular flexibility index (Phi) is 10.6. The summed E-state index contributed by atoms with van der Waals surface area (Å²) in [6.07, 6.45) is 0. The number of nitrogens with zero attached hydrogens (tertiary/aromatic N) is 2. The summed E-state index contributed by atoms with van der Waals surface area (Å²) in [6, 6.07) is 97.2. The maximum absolute atomic E-state index is 2.48. The average Bonchev–Trinajstić information content (AvgIpc) is 3.90. The normalized spacial score (nSPS) is 12.3. The molecule has 1 aliphatic carbocycles. The molecular weight excluding hydrogens is 833 g/mol. The molecule has 0 saturated carbocycles. The number of anilines is 3. The summed E-state index contributed by atoms with van der Waals surface area (Å²) >= 11 is 0. The van der Waals surface area contributed by atoms with Crippen LogP contribution in [-0.4, -0.2) is 4.57 Å². The van der Waals surface area contributed by atoms with Gasteiger partial charge in [-0.25, -0.2) is 0 Å². The van der Waals surface area contributed by atoms with Gasteiger partial charge in [-0.1, -0.05) is 232 Å². The molecule has 0 aliphatic heterocycles. The van der Waals surface area contributed by atoms with Crippen molar-refractivity contribution in [3.63, 3.8) is 0 Å². The maximum atomic E-state index is 2.48. The third kappa shape index (κ3) is 7.48. The van der Waals surface area contributed by atoms with Crippen molar-refractivity contribution in [1.29, 1.82) is 0 Å². The van der Waals surface area contributed by atoms with Crippen molar-refractivity contribution in [2.75, 3.05) is 4.90 Å². The Morgan fingerprint density at radius 1 is 0.290 bits per heavy atom. The lowest BCUT2D eigenvalue weighted by Gasteiger charge is -2.28. The molecule has 2 heteroatoms. The summed E-state index contributed by atoms with van der Waals surface area (Å²) in [5.41, 5.74) is 23.8. The van der Waals surface area contributed by atoms with Crippen LogP contribution < -0.4 is 4.90 Å². The fourth-order valence-electron chi connectivity index (χ4n) is 10.7. The Labute approximate surface area is 405 Å². The van der Waals surface area contributed by atoms with Crippen LogP contribution in [0, 0.1) is 0 Å². The van der Waals surface area contributed by atoms with Gasteiger partial charge in [-0.05, 0) is 115 Å². The standard InChI is InChI=1S/C67H50N2/c1-67(2)61-31-19-18-30-59(61)60-45-44-58(46-62(60)67)68(56-40-36-49(37-41-56)47-20-8-3-9-21-47)57-42-38-50(39-43-57)48-32-34-54(35-33-48)66-64(52-24-12-5-13-25-52)63(51-22-10-4-11-23-51)65(53-26-14-6-15-27-53)69(66)55-28-16-7-17-29-55/h3-46H,1-2H3. The van der Waals surface area contributed by atoms with Crippen molar-refractivity contribution < 1.29 is 0 Å². The van der Waals surface area contributed by atoms with Crippen LogP contribution in [0.2, 0.25) is 0 Å². The second-order valence-corrected chi connectivity index (χ2v) is 18.5. The Morgan fingerprint density at radius 2 is 0.638 bits per heavy atom. The van der Waals surface area contributed by atoms with E-state index in [9.17, 15) is 0 Å². The fraction of sp³-hybridized carbons (Fsp3) is 0.0448. The van der Waals surface area contributed by atoms with E-state index in [1.165, 1.54) is 55.6 Å². The van der Waals surface area contributed by atoms with Crippen LogP contribution in [0.15, 0.2) is 267 Å². The minimum atomic E-state index is -0.113. The highest BCUT2D eigenvalue weighted by molar-refractivity contribution is 6.03. The van der Waals surface area contributed by atoms with E-state index < -0.39 is 0 Å². The Morgan fingerprint density at radius 3 is 1.14 bits per heavy atom. The number of para-hydroxylation sites is 1. The molecule has 1 aliphatic rings. The molecule has 10 aromatic carbocycles. The Balaban J connectivity index is 0.968. The van der Waals surface area contributed by atoms with Crippen LogP contribution in [0.1, 0.15) is 25.0 Å². The van der Waals surface area contributed by atoms with E-state index >= 15 is 0 Å². The largest absolute Gasteiger partial charge is 0.310 e. The van der Waals surface area contributed by atoms with E-state index in [2.05, 4.69) is 290 Å². The number of rotatable bonds is 10. The van der Waals surface area contributed by atoms with Crippen LogP contribution in [0.25, 0.3) is 83.8 Å². The van der Waals surface area contributed by atoms with Crippen molar-refractivity contribution in [3.8, 4) is 83.8 Å². The summed E-state index contributed by atoms with van der Waals surface area (Å²) in [7, 11) is 0. The van der Waals surface area contributed by atoms with Gasteiger partial charge < -0.3 is 9.47 Å². The van der Waals surface area contributed by atoms with Crippen molar-refractivity contribution in [2.24, 2.45) is 0 Å². The molecule has 11 aromatic rings. The summed E-state index contributed by atoms with van der Waals surface area (Å²) < 4.78 is 2.48. The first-order chi connectivity index (χ1) is 34.0. The monoisotopic (exact) mass is 882 g/mol. The SMILES string of the molecule is CC1(C)c2ccccc2-c2ccc(N(c3ccc(-c4ccccc4)cc3)c3ccc(-c4ccc(-c5c(-c6ccccc6)c(-c6ccccc6)c(-c6ccccc6)n5-c5ccccc5)cc4)cc3)cc21. The van der Waals surface area contributed by atoms with Crippen molar-refractivity contribution in [2.45, 2.75) is 19.3 Å². The summed E-state index contributed by atoms with van der Waals surface area (Å²) in [5, 5.41) is 0. The smallest absolute Gasteiger partial charge is 0.0619 e. The second kappa shape index (κ2) is 17.5. The lowest BCUT2D eigenvalue weighted by molar-refractivity contribution is 0.660. The van der Waals surface area contributed by atoms with Crippen LogP contribution >= 0.6 is 0 Å². The number of hydrogen-bond donors (Lipinski definition) is 0. The van der Waals surface area contributed by atoms with E-state index in [4.69, 9.17) is 0 Å². The average molecular weight is 883 g/mol. The molecule has 0 radical (unpaired) electrons. The lowest BCUT2D eigenvalue weighted by atomic mass is 9.82. The van der Waals surface area contributed by atoms with E-state index in [1.54, 1.807) is 0 Å². The van der Waals surface area contributed by atoms with Gasteiger partial charge in [0, 0.05) is 39.3 Å².